The van der Waals surface area contributed by atoms with Gasteiger partial charge >= 0.3 is 0 Å². The van der Waals surface area contributed by atoms with E-state index in [2.05, 4.69) is 6.92 Å². The molecule has 44 valence electrons. The zero-order valence-corrected chi connectivity index (χ0v) is 5.30. The highest BCUT2D eigenvalue weighted by Gasteiger charge is 2.65. The Hall–Kier alpha value is 0. The topological polar surface area (TPSA) is 0 Å². The lowest BCUT2D eigenvalue weighted by molar-refractivity contribution is 0.603. The molecule has 0 spiro atoms. The van der Waals surface area contributed by atoms with E-state index in [1.165, 1.54) is 23.7 Å². The van der Waals surface area contributed by atoms with Crippen molar-refractivity contribution in [2.45, 2.75) is 19.8 Å². The zero-order chi connectivity index (χ0) is 5.30. The molecule has 3 aliphatic carbocycles. The van der Waals surface area contributed by atoms with E-state index in [4.69, 9.17) is 0 Å². The molecule has 8 heavy (non-hydrogen) atoms. The summed E-state index contributed by atoms with van der Waals surface area (Å²) in [6.45, 7) is 2.43. The first-order valence-electron chi connectivity index (χ1n) is 3.88. The summed E-state index contributed by atoms with van der Waals surface area (Å²) >= 11 is 0. The van der Waals surface area contributed by atoms with E-state index in [-0.39, 0.29) is 0 Å². The van der Waals surface area contributed by atoms with Crippen molar-refractivity contribution in [3.63, 3.8) is 0 Å². The van der Waals surface area contributed by atoms with Gasteiger partial charge in [-0.25, -0.2) is 0 Å². The molecule has 3 rings (SSSR count). The molecule has 0 aromatic heterocycles. The highest BCUT2D eigenvalue weighted by molar-refractivity contribution is 5.14. The van der Waals surface area contributed by atoms with Crippen LogP contribution in [0.15, 0.2) is 0 Å². The van der Waals surface area contributed by atoms with Crippen LogP contribution in [0.4, 0.5) is 0 Å². The second-order valence-electron chi connectivity index (χ2n) is 4.00. The summed E-state index contributed by atoms with van der Waals surface area (Å²) in [5.74, 6) is 6.02. The van der Waals surface area contributed by atoms with Gasteiger partial charge in [0, 0.05) is 0 Å². The third-order valence-electron chi connectivity index (χ3n) is 3.68. The van der Waals surface area contributed by atoms with Crippen molar-refractivity contribution in [3.05, 3.63) is 0 Å². The first kappa shape index (κ1) is 3.92. The Labute approximate surface area is 50.3 Å². The SMILES string of the molecule is CC1C2CC3C[C@@H]3C12. The highest BCUT2D eigenvalue weighted by Crippen LogP contribution is 2.72. The second-order valence-corrected chi connectivity index (χ2v) is 4.00. The molecular weight excluding hydrogens is 96.1 g/mol. The van der Waals surface area contributed by atoms with Gasteiger partial charge in [0.05, 0.1) is 0 Å². The molecule has 3 fully saturated rings. The van der Waals surface area contributed by atoms with Crippen molar-refractivity contribution in [2.24, 2.45) is 29.6 Å². The molecule has 0 amide bonds. The van der Waals surface area contributed by atoms with E-state index in [9.17, 15) is 0 Å². The minimum absolute atomic E-state index is 1.14. The Morgan fingerprint density at radius 2 is 1.88 bits per heavy atom. The molecule has 3 saturated carbocycles. The zero-order valence-electron chi connectivity index (χ0n) is 5.30. The molecule has 0 N–H and O–H groups in total. The summed E-state index contributed by atoms with van der Waals surface area (Å²) in [4.78, 5) is 0. The lowest BCUT2D eigenvalue weighted by Crippen LogP contribution is -1.82. The molecule has 0 aromatic carbocycles. The van der Waals surface area contributed by atoms with Gasteiger partial charge in [0.25, 0.3) is 0 Å². The van der Waals surface area contributed by atoms with Crippen LogP contribution < -0.4 is 0 Å². The fourth-order valence-corrected chi connectivity index (χ4v) is 3.02. The van der Waals surface area contributed by atoms with Crippen molar-refractivity contribution in [1.82, 2.24) is 0 Å². The maximum absolute atomic E-state index is 2.43. The molecular formula is C8H12. The summed E-state index contributed by atoms with van der Waals surface area (Å²) in [7, 11) is 0. The van der Waals surface area contributed by atoms with Gasteiger partial charge in [-0.2, -0.15) is 0 Å². The average Bonchev–Trinajstić information content (AvgIpc) is 2.57. The lowest BCUT2D eigenvalue weighted by Gasteiger charge is -1.89. The third-order valence-corrected chi connectivity index (χ3v) is 3.68. The van der Waals surface area contributed by atoms with Crippen LogP contribution in [0.1, 0.15) is 19.8 Å². The van der Waals surface area contributed by atoms with E-state index in [1.54, 1.807) is 12.8 Å². The summed E-state index contributed by atoms with van der Waals surface area (Å²) in [5.41, 5.74) is 0. The molecule has 0 bridgehead atoms. The molecule has 0 saturated heterocycles. The molecule has 0 aromatic rings. The van der Waals surface area contributed by atoms with Crippen LogP contribution in [0.25, 0.3) is 0 Å². The predicted octanol–water partition coefficient (Wildman–Crippen LogP) is 1.91. The van der Waals surface area contributed by atoms with Gasteiger partial charge in [-0.3, -0.25) is 0 Å². The van der Waals surface area contributed by atoms with Crippen LogP contribution in [0.2, 0.25) is 0 Å². The smallest absolute Gasteiger partial charge is 0.0323 e. The van der Waals surface area contributed by atoms with E-state index >= 15 is 0 Å². The Morgan fingerprint density at radius 1 is 1.12 bits per heavy atom. The number of hydrogen-bond acceptors (Lipinski definition) is 0. The molecule has 3 aliphatic rings. The maximum atomic E-state index is 2.43. The number of hydrogen-bond donors (Lipinski definition) is 0. The molecule has 0 heterocycles. The highest BCUT2D eigenvalue weighted by atomic mass is 14.7. The summed E-state index contributed by atoms with van der Waals surface area (Å²) in [5, 5.41) is 0. The van der Waals surface area contributed by atoms with Crippen LogP contribution in [-0.4, -0.2) is 0 Å². The van der Waals surface area contributed by atoms with Crippen molar-refractivity contribution >= 4 is 0 Å². The second kappa shape index (κ2) is 0.872. The lowest BCUT2D eigenvalue weighted by atomic mass is 10.2. The molecule has 5 atom stereocenters. The van der Waals surface area contributed by atoms with Gasteiger partial charge in [0.15, 0.2) is 0 Å². The van der Waals surface area contributed by atoms with Crippen LogP contribution >= 0.6 is 0 Å². The predicted molar refractivity (Wildman–Crippen MR) is 32.4 cm³/mol. The van der Waals surface area contributed by atoms with Crippen molar-refractivity contribution in [1.29, 1.82) is 0 Å². The largest absolute Gasteiger partial charge is 0.0619 e. The van der Waals surface area contributed by atoms with Crippen LogP contribution in [0, 0.1) is 29.6 Å². The van der Waals surface area contributed by atoms with Crippen LogP contribution in [0.3, 0.4) is 0 Å². The van der Waals surface area contributed by atoms with Crippen LogP contribution in [-0.2, 0) is 0 Å². The van der Waals surface area contributed by atoms with Gasteiger partial charge in [-0.15, -0.1) is 0 Å². The van der Waals surface area contributed by atoms with Gasteiger partial charge in [-0.05, 0) is 42.4 Å². The Morgan fingerprint density at radius 3 is 2.38 bits per heavy atom. The molecule has 0 heteroatoms. The maximum Gasteiger partial charge on any atom is -0.0323 e. The molecule has 0 aliphatic heterocycles. The van der Waals surface area contributed by atoms with E-state index < -0.39 is 0 Å². The van der Waals surface area contributed by atoms with E-state index in [1.807, 2.05) is 0 Å². The van der Waals surface area contributed by atoms with Crippen molar-refractivity contribution < 1.29 is 0 Å². The minimum atomic E-state index is 1.14. The van der Waals surface area contributed by atoms with Gasteiger partial charge in [0.1, 0.15) is 0 Å². The van der Waals surface area contributed by atoms with Gasteiger partial charge in [-0.1, -0.05) is 6.92 Å². The standard InChI is InChI=1S/C8H12/c1-4-6-2-5-3-7(5)8(4)6/h4-8H,2-3H2,1H3/t4?,5?,6?,7-,8?/m0/s1. The summed E-state index contributed by atoms with van der Waals surface area (Å²) in [6.07, 6.45) is 3.21. The van der Waals surface area contributed by atoms with Gasteiger partial charge in [0.2, 0.25) is 0 Å². The fraction of sp³-hybridized carbons (Fsp3) is 1.00. The Balaban J connectivity index is 1.93. The average molecular weight is 108 g/mol. The molecule has 4 unspecified atom stereocenters. The number of fused-ring (bicyclic) bond motifs is 3. The Kier molecular flexibility index (Phi) is 0.427. The first-order valence-corrected chi connectivity index (χ1v) is 3.88. The monoisotopic (exact) mass is 108 g/mol. The van der Waals surface area contributed by atoms with Crippen LogP contribution in [0.5, 0.6) is 0 Å². The van der Waals surface area contributed by atoms with E-state index in [0.29, 0.717) is 0 Å². The quantitative estimate of drug-likeness (QED) is 0.444. The third kappa shape index (κ3) is 0.260. The summed E-state index contributed by atoms with van der Waals surface area (Å²) in [6, 6.07) is 0. The normalized spacial score (nSPS) is 73.9. The van der Waals surface area contributed by atoms with Crippen molar-refractivity contribution in [3.8, 4) is 0 Å². The van der Waals surface area contributed by atoms with Crippen molar-refractivity contribution in [2.75, 3.05) is 0 Å². The minimum Gasteiger partial charge on any atom is -0.0619 e. The molecule has 0 radical (unpaired) electrons. The summed E-state index contributed by atoms with van der Waals surface area (Å²) < 4.78 is 0. The fourth-order valence-electron chi connectivity index (χ4n) is 3.02. The number of rotatable bonds is 0. The van der Waals surface area contributed by atoms with Gasteiger partial charge < -0.3 is 0 Å². The Bertz CT molecular complexity index is 137. The molecule has 0 nitrogen and oxygen atoms in total. The first-order chi connectivity index (χ1) is 3.88. The van der Waals surface area contributed by atoms with E-state index in [0.717, 1.165) is 5.92 Å².